The zero-order valence-electron chi connectivity index (χ0n) is 9.62. The molecule has 1 saturated carbocycles. The molecule has 0 spiro atoms. The van der Waals surface area contributed by atoms with Crippen molar-refractivity contribution in [1.82, 2.24) is 10.2 Å². The van der Waals surface area contributed by atoms with E-state index in [-0.39, 0.29) is 6.10 Å². The first kappa shape index (κ1) is 12.4. The van der Waals surface area contributed by atoms with Crippen LogP contribution in [0.25, 0.3) is 0 Å². The molecule has 0 unspecified atom stereocenters. The first-order chi connectivity index (χ1) is 7.00. The maximum absolute atomic E-state index is 11.1. The second-order valence-corrected chi connectivity index (χ2v) is 4.38. The van der Waals surface area contributed by atoms with E-state index in [1.54, 1.807) is 7.11 Å². The molecule has 0 aromatic heterocycles. The molecule has 1 rings (SSSR count). The van der Waals surface area contributed by atoms with Crippen molar-refractivity contribution in [3.8, 4) is 0 Å². The number of carbonyl (C=O) groups is 1. The van der Waals surface area contributed by atoms with Gasteiger partial charge in [0.25, 0.3) is 0 Å². The molecule has 1 fully saturated rings. The molecule has 0 aliphatic heterocycles. The van der Waals surface area contributed by atoms with Crippen molar-refractivity contribution in [3.05, 3.63) is 0 Å². The number of ether oxygens (including phenoxy) is 1. The third-order valence-electron chi connectivity index (χ3n) is 2.92. The molecule has 88 valence electrons. The van der Waals surface area contributed by atoms with Crippen LogP contribution in [0.1, 0.15) is 12.8 Å². The van der Waals surface area contributed by atoms with Gasteiger partial charge in [-0.2, -0.15) is 0 Å². The van der Waals surface area contributed by atoms with E-state index in [0.717, 1.165) is 6.54 Å². The lowest BCUT2D eigenvalue weighted by molar-refractivity contribution is -0.156. The molecule has 2 N–H and O–H groups in total. The van der Waals surface area contributed by atoms with Gasteiger partial charge in [0.15, 0.2) is 0 Å². The van der Waals surface area contributed by atoms with Crippen LogP contribution in [-0.4, -0.2) is 61.9 Å². The molecule has 0 amide bonds. The van der Waals surface area contributed by atoms with Gasteiger partial charge in [0, 0.05) is 33.0 Å². The van der Waals surface area contributed by atoms with Gasteiger partial charge in [0.1, 0.15) is 5.54 Å². The number of carboxylic acid groups (broad SMARTS) is 1. The molecular formula is C10H20N2O3. The van der Waals surface area contributed by atoms with E-state index in [0.29, 0.717) is 19.4 Å². The third-order valence-corrected chi connectivity index (χ3v) is 2.92. The van der Waals surface area contributed by atoms with Crippen LogP contribution >= 0.6 is 0 Å². The number of aliphatic carboxylic acids is 1. The number of carboxylic acids is 1. The summed E-state index contributed by atoms with van der Waals surface area (Å²) in [5, 5.41) is 12.2. The summed E-state index contributed by atoms with van der Waals surface area (Å²) >= 11 is 0. The summed E-state index contributed by atoms with van der Waals surface area (Å²) in [6.07, 6.45) is 1.21. The lowest BCUT2D eigenvalue weighted by Gasteiger charge is -2.44. The summed E-state index contributed by atoms with van der Waals surface area (Å²) in [7, 11) is 5.55. The number of nitrogens with zero attached hydrogens (tertiary/aromatic N) is 1. The molecule has 0 aromatic carbocycles. The lowest BCUT2D eigenvalue weighted by atomic mass is 9.74. The Balaban J connectivity index is 2.37. The van der Waals surface area contributed by atoms with E-state index in [1.807, 2.05) is 19.0 Å². The van der Waals surface area contributed by atoms with Gasteiger partial charge in [-0.15, -0.1) is 0 Å². The summed E-state index contributed by atoms with van der Waals surface area (Å²) < 4.78 is 5.11. The monoisotopic (exact) mass is 216 g/mol. The van der Waals surface area contributed by atoms with E-state index < -0.39 is 11.5 Å². The van der Waals surface area contributed by atoms with Crippen molar-refractivity contribution in [2.45, 2.75) is 24.5 Å². The van der Waals surface area contributed by atoms with Gasteiger partial charge in [0.2, 0.25) is 0 Å². The number of methoxy groups -OCH3 is 1. The predicted molar refractivity (Wildman–Crippen MR) is 57.0 cm³/mol. The molecule has 0 aromatic rings. The predicted octanol–water partition coefficient (Wildman–Crippen LogP) is -0.230. The zero-order valence-corrected chi connectivity index (χ0v) is 9.62. The highest BCUT2D eigenvalue weighted by molar-refractivity contribution is 5.80. The Morgan fingerprint density at radius 1 is 1.60 bits per heavy atom. The molecule has 1 aliphatic rings. The number of nitrogens with one attached hydrogen (secondary N) is 1. The van der Waals surface area contributed by atoms with Crippen LogP contribution in [0.15, 0.2) is 0 Å². The minimum Gasteiger partial charge on any atom is -0.480 e. The molecule has 5 nitrogen and oxygen atoms in total. The van der Waals surface area contributed by atoms with E-state index in [4.69, 9.17) is 9.84 Å². The van der Waals surface area contributed by atoms with Gasteiger partial charge < -0.3 is 20.1 Å². The van der Waals surface area contributed by atoms with Crippen LogP contribution in [0.5, 0.6) is 0 Å². The van der Waals surface area contributed by atoms with Crippen molar-refractivity contribution < 1.29 is 14.6 Å². The second kappa shape index (κ2) is 4.92. The Labute approximate surface area is 90.4 Å². The Bertz CT molecular complexity index is 225. The molecule has 15 heavy (non-hydrogen) atoms. The minimum atomic E-state index is -0.769. The van der Waals surface area contributed by atoms with Crippen LogP contribution in [0, 0.1) is 0 Å². The highest BCUT2D eigenvalue weighted by Gasteiger charge is 2.50. The zero-order chi connectivity index (χ0) is 11.5. The Morgan fingerprint density at radius 3 is 2.60 bits per heavy atom. The normalized spacial score (nSPS) is 30.3. The maximum atomic E-state index is 11.1. The highest BCUT2D eigenvalue weighted by atomic mass is 16.5. The van der Waals surface area contributed by atoms with E-state index >= 15 is 0 Å². The molecule has 0 saturated heterocycles. The fourth-order valence-electron chi connectivity index (χ4n) is 1.80. The summed E-state index contributed by atoms with van der Waals surface area (Å²) in [5.74, 6) is -0.769. The molecule has 1 aliphatic carbocycles. The van der Waals surface area contributed by atoms with Gasteiger partial charge in [0.05, 0.1) is 6.10 Å². The quantitative estimate of drug-likeness (QED) is 0.642. The highest BCUT2D eigenvalue weighted by Crippen LogP contribution is 2.34. The van der Waals surface area contributed by atoms with Gasteiger partial charge in [-0.1, -0.05) is 0 Å². The van der Waals surface area contributed by atoms with Crippen LogP contribution in [-0.2, 0) is 9.53 Å². The van der Waals surface area contributed by atoms with Crippen LogP contribution in [0.4, 0.5) is 0 Å². The van der Waals surface area contributed by atoms with E-state index in [2.05, 4.69) is 5.32 Å². The summed E-state index contributed by atoms with van der Waals surface area (Å²) in [5.41, 5.74) is -0.753. The SMILES string of the molecule is COC1CC(NCCN(C)C)(C(=O)O)C1. The first-order valence-electron chi connectivity index (χ1n) is 5.16. The summed E-state index contributed by atoms with van der Waals surface area (Å²) in [6, 6.07) is 0. The van der Waals surface area contributed by atoms with Crippen molar-refractivity contribution in [3.63, 3.8) is 0 Å². The topological polar surface area (TPSA) is 61.8 Å². The van der Waals surface area contributed by atoms with Crippen LogP contribution in [0.2, 0.25) is 0 Å². The Kier molecular flexibility index (Phi) is 4.07. The Morgan fingerprint density at radius 2 is 2.20 bits per heavy atom. The number of rotatable bonds is 6. The van der Waals surface area contributed by atoms with Crippen molar-refractivity contribution >= 4 is 5.97 Å². The second-order valence-electron chi connectivity index (χ2n) is 4.38. The van der Waals surface area contributed by atoms with Crippen LogP contribution < -0.4 is 5.32 Å². The Hall–Kier alpha value is -0.650. The minimum absolute atomic E-state index is 0.0907. The third kappa shape index (κ3) is 2.90. The van der Waals surface area contributed by atoms with Crippen molar-refractivity contribution in [2.24, 2.45) is 0 Å². The van der Waals surface area contributed by atoms with Crippen molar-refractivity contribution in [1.29, 1.82) is 0 Å². The first-order valence-corrected chi connectivity index (χ1v) is 5.16. The largest absolute Gasteiger partial charge is 0.480 e. The molecule has 0 bridgehead atoms. The molecule has 0 atom stereocenters. The molecular weight excluding hydrogens is 196 g/mol. The standard InChI is InChI=1S/C10H20N2O3/c1-12(2)5-4-11-10(9(13)14)6-8(7-10)15-3/h8,11H,4-7H2,1-3H3,(H,13,14). The van der Waals surface area contributed by atoms with Crippen LogP contribution in [0.3, 0.4) is 0 Å². The van der Waals surface area contributed by atoms with Gasteiger partial charge in [-0.3, -0.25) is 4.79 Å². The van der Waals surface area contributed by atoms with E-state index in [9.17, 15) is 4.79 Å². The fourth-order valence-corrected chi connectivity index (χ4v) is 1.80. The van der Waals surface area contributed by atoms with Gasteiger partial charge in [-0.25, -0.2) is 0 Å². The van der Waals surface area contributed by atoms with E-state index in [1.165, 1.54) is 0 Å². The number of hydrogen-bond donors (Lipinski definition) is 2. The number of hydrogen-bond acceptors (Lipinski definition) is 4. The average molecular weight is 216 g/mol. The lowest BCUT2D eigenvalue weighted by Crippen LogP contribution is -2.63. The summed E-state index contributed by atoms with van der Waals surface area (Å²) in [6.45, 7) is 1.53. The fraction of sp³-hybridized carbons (Fsp3) is 0.900. The van der Waals surface area contributed by atoms with Crippen molar-refractivity contribution in [2.75, 3.05) is 34.3 Å². The molecule has 0 heterocycles. The number of likely N-dealkylation sites (N-methyl/N-ethyl adjacent to an activating group) is 1. The molecule has 0 radical (unpaired) electrons. The van der Waals surface area contributed by atoms with Gasteiger partial charge >= 0.3 is 5.97 Å². The maximum Gasteiger partial charge on any atom is 0.324 e. The van der Waals surface area contributed by atoms with Gasteiger partial charge in [-0.05, 0) is 14.1 Å². The smallest absolute Gasteiger partial charge is 0.324 e. The average Bonchev–Trinajstić information content (AvgIpc) is 2.07. The molecule has 5 heteroatoms. The summed E-state index contributed by atoms with van der Waals surface area (Å²) in [4.78, 5) is 13.1.